The van der Waals surface area contributed by atoms with Gasteiger partial charge in [0.1, 0.15) is 5.75 Å². The van der Waals surface area contributed by atoms with Gasteiger partial charge in [-0.3, -0.25) is 9.59 Å². The summed E-state index contributed by atoms with van der Waals surface area (Å²) in [6.45, 7) is 3.66. The minimum absolute atomic E-state index is 0.0289. The third kappa shape index (κ3) is 3.47. The Labute approximate surface area is 133 Å². The van der Waals surface area contributed by atoms with Gasteiger partial charge in [-0.15, -0.1) is 11.3 Å². The van der Waals surface area contributed by atoms with Crippen LogP contribution in [-0.4, -0.2) is 24.0 Å². The molecule has 0 unspecified atom stereocenters. The van der Waals surface area contributed by atoms with Gasteiger partial charge in [0.2, 0.25) is 0 Å². The van der Waals surface area contributed by atoms with Crippen LogP contribution in [0, 0.1) is 5.92 Å². The second kappa shape index (κ2) is 6.92. The van der Waals surface area contributed by atoms with Crippen molar-refractivity contribution in [3.63, 3.8) is 0 Å². The van der Waals surface area contributed by atoms with Crippen molar-refractivity contribution in [3.8, 4) is 5.75 Å². The van der Waals surface area contributed by atoms with Crippen molar-refractivity contribution in [1.82, 2.24) is 0 Å². The van der Waals surface area contributed by atoms with E-state index in [9.17, 15) is 9.59 Å². The first-order chi connectivity index (χ1) is 10.5. The first-order valence-electron chi connectivity index (χ1n) is 7.32. The molecule has 4 nitrogen and oxygen atoms in total. The van der Waals surface area contributed by atoms with Crippen LogP contribution in [0.2, 0.25) is 0 Å². The molecule has 0 aliphatic heterocycles. The maximum atomic E-state index is 12.2. The van der Waals surface area contributed by atoms with E-state index in [4.69, 9.17) is 9.84 Å². The van der Waals surface area contributed by atoms with Gasteiger partial charge in [-0.1, -0.05) is 20.3 Å². The van der Waals surface area contributed by atoms with Gasteiger partial charge in [0.15, 0.2) is 5.78 Å². The smallest absolute Gasteiger partial charge is 0.306 e. The fourth-order valence-corrected chi connectivity index (χ4v) is 3.40. The minimum atomic E-state index is -0.943. The molecule has 0 bridgehead atoms. The Bertz CT molecular complexity index is 702. The Kier molecular flexibility index (Phi) is 5.19. The predicted octanol–water partition coefficient (Wildman–Crippen LogP) is 4.16. The second-order valence-corrected chi connectivity index (χ2v) is 6.51. The number of rotatable bonds is 7. The number of hydrogen-bond donors (Lipinski definition) is 1. The van der Waals surface area contributed by atoms with Crippen molar-refractivity contribution >= 4 is 33.2 Å². The van der Waals surface area contributed by atoms with E-state index < -0.39 is 11.9 Å². The van der Waals surface area contributed by atoms with E-state index in [2.05, 4.69) is 13.0 Å². The molecule has 1 aromatic carbocycles. The molecule has 0 saturated carbocycles. The molecule has 2 rings (SSSR count). The molecule has 0 aliphatic carbocycles. The maximum absolute atomic E-state index is 12.2. The molecule has 5 heteroatoms. The third-order valence-electron chi connectivity index (χ3n) is 3.63. The topological polar surface area (TPSA) is 63.6 Å². The zero-order valence-electron chi connectivity index (χ0n) is 13.0. The van der Waals surface area contributed by atoms with Crippen molar-refractivity contribution in [2.24, 2.45) is 5.92 Å². The molecule has 0 fully saturated rings. The van der Waals surface area contributed by atoms with Crippen molar-refractivity contribution in [3.05, 3.63) is 28.6 Å². The van der Waals surface area contributed by atoms with Crippen molar-refractivity contribution in [2.45, 2.75) is 33.1 Å². The molecule has 0 radical (unpaired) electrons. The molecule has 0 amide bonds. The van der Waals surface area contributed by atoms with E-state index in [0.29, 0.717) is 4.88 Å². The molecule has 22 heavy (non-hydrogen) atoms. The van der Waals surface area contributed by atoms with Gasteiger partial charge in [-0.05, 0) is 35.6 Å². The highest BCUT2D eigenvalue weighted by molar-refractivity contribution is 7.20. The van der Waals surface area contributed by atoms with Gasteiger partial charge < -0.3 is 9.84 Å². The van der Waals surface area contributed by atoms with Gasteiger partial charge in [0, 0.05) is 11.1 Å². The lowest BCUT2D eigenvalue weighted by molar-refractivity contribution is -0.141. The highest BCUT2D eigenvalue weighted by Crippen LogP contribution is 2.33. The fourth-order valence-electron chi connectivity index (χ4n) is 2.37. The number of aryl methyl sites for hydroxylation is 1. The normalized spacial score (nSPS) is 12.3. The molecule has 2 aromatic rings. The maximum Gasteiger partial charge on any atom is 0.306 e. The van der Waals surface area contributed by atoms with Crippen LogP contribution < -0.4 is 4.74 Å². The number of carbonyl (C=O) groups excluding carboxylic acids is 1. The number of thiophene rings is 1. The number of Topliss-reactive ketones (excluding diaryl/α,β-unsaturated/α-hetero) is 1. The lowest BCUT2D eigenvalue weighted by Gasteiger charge is -2.07. The number of ketones is 1. The van der Waals surface area contributed by atoms with Gasteiger partial charge in [-0.25, -0.2) is 0 Å². The average molecular weight is 320 g/mol. The Morgan fingerprint density at radius 1 is 1.32 bits per heavy atom. The summed E-state index contributed by atoms with van der Waals surface area (Å²) in [5, 5.41) is 9.93. The van der Waals surface area contributed by atoms with Crippen molar-refractivity contribution in [1.29, 1.82) is 0 Å². The third-order valence-corrected chi connectivity index (χ3v) is 4.77. The average Bonchev–Trinajstić information content (AvgIpc) is 2.89. The van der Waals surface area contributed by atoms with Crippen LogP contribution in [0.4, 0.5) is 0 Å². The number of benzene rings is 1. The molecule has 118 valence electrons. The number of carboxylic acids is 1. The largest absolute Gasteiger partial charge is 0.496 e. The van der Waals surface area contributed by atoms with Crippen LogP contribution in [-0.2, 0) is 11.2 Å². The van der Waals surface area contributed by atoms with Crippen LogP contribution in [0.25, 0.3) is 10.1 Å². The second-order valence-electron chi connectivity index (χ2n) is 5.43. The summed E-state index contributed by atoms with van der Waals surface area (Å²) in [5.41, 5.74) is 1.13. The van der Waals surface area contributed by atoms with E-state index in [-0.39, 0.29) is 12.2 Å². The summed E-state index contributed by atoms with van der Waals surface area (Å²) in [6, 6.07) is 5.88. The van der Waals surface area contributed by atoms with Crippen molar-refractivity contribution < 1.29 is 19.4 Å². The first-order valence-corrected chi connectivity index (χ1v) is 8.14. The number of fused-ring (bicyclic) bond motifs is 1. The van der Waals surface area contributed by atoms with Crippen LogP contribution in [0.5, 0.6) is 5.75 Å². The number of aliphatic carboxylic acids is 1. The Hall–Kier alpha value is -1.88. The first kappa shape index (κ1) is 16.5. The van der Waals surface area contributed by atoms with Gasteiger partial charge in [0.25, 0.3) is 0 Å². The summed E-state index contributed by atoms with van der Waals surface area (Å²) >= 11 is 1.39. The molecule has 0 spiro atoms. The lowest BCUT2D eigenvalue weighted by Crippen LogP contribution is -2.13. The number of carboxylic acid groups (broad SMARTS) is 1. The Morgan fingerprint density at radius 2 is 2.05 bits per heavy atom. The molecule has 0 saturated heterocycles. The SMILES string of the molecule is CCCc1cc2cc(C(=O)C[C@H](C)C(=O)O)sc2cc1OC. The van der Waals surface area contributed by atoms with Gasteiger partial charge >= 0.3 is 5.97 Å². The molecule has 0 aliphatic rings. The molecule has 1 aromatic heterocycles. The van der Waals surface area contributed by atoms with Gasteiger partial charge in [0.05, 0.1) is 17.9 Å². The van der Waals surface area contributed by atoms with Gasteiger partial charge in [-0.2, -0.15) is 0 Å². The summed E-state index contributed by atoms with van der Waals surface area (Å²) in [6.07, 6.45) is 1.98. The zero-order chi connectivity index (χ0) is 16.3. The summed E-state index contributed by atoms with van der Waals surface area (Å²) in [5.74, 6) is -0.884. The quantitative estimate of drug-likeness (QED) is 0.778. The zero-order valence-corrected chi connectivity index (χ0v) is 13.8. The summed E-state index contributed by atoms with van der Waals surface area (Å²) in [4.78, 5) is 23.7. The van der Waals surface area contributed by atoms with E-state index >= 15 is 0 Å². The van der Waals surface area contributed by atoms with Crippen LogP contribution in [0.3, 0.4) is 0 Å². The Morgan fingerprint density at radius 3 is 2.64 bits per heavy atom. The fraction of sp³-hybridized carbons (Fsp3) is 0.412. The highest BCUT2D eigenvalue weighted by Gasteiger charge is 2.19. The van der Waals surface area contributed by atoms with Crippen LogP contribution in [0.15, 0.2) is 18.2 Å². The van der Waals surface area contributed by atoms with Crippen LogP contribution >= 0.6 is 11.3 Å². The van der Waals surface area contributed by atoms with E-state index in [0.717, 1.165) is 34.2 Å². The number of methoxy groups -OCH3 is 1. The van der Waals surface area contributed by atoms with E-state index in [1.54, 1.807) is 14.0 Å². The van der Waals surface area contributed by atoms with E-state index in [1.165, 1.54) is 11.3 Å². The summed E-state index contributed by atoms with van der Waals surface area (Å²) in [7, 11) is 1.65. The highest BCUT2D eigenvalue weighted by atomic mass is 32.1. The monoisotopic (exact) mass is 320 g/mol. The lowest BCUT2D eigenvalue weighted by atomic mass is 10.0. The summed E-state index contributed by atoms with van der Waals surface area (Å²) < 4.78 is 6.40. The predicted molar refractivity (Wildman–Crippen MR) is 88.1 cm³/mol. The molecular formula is C17H20O4S. The number of ether oxygens (including phenoxy) is 1. The minimum Gasteiger partial charge on any atom is -0.496 e. The molecule has 1 atom stereocenters. The van der Waals surface area contributed by atoms with E-state index in [1.807, 2.05) is 12.1 Å². The number of hydrogen-bond acceptors (Lipinski definition) is 4. The molecule has 1 heterocycles. The van der Waals surface area contributed by atoms with Crippen molar-refractivity contribution in [2.75, 3.05) is 7.11 Å². The molecular weight excluding hydrogens is 300 g/mol. The molecule has 1 N–H and O–H groups in total. The van der Waals surface area contributed by atoms with Crippen LogP contribution in [0.1, 0.15) is 41.9 Å². The standard InChI is InChI=1S/C17H20O4S/c1-4-5-11-7-12-8-16(13(18)6-10(2)17(19)20)22-15(12)9-14(11)21-3/h7-10H,4-6H2,1-3H3,(H,19,20)/t10-/m0/s1. The Balaban J connectivity index is 2.33. The number of carbonyl (C=O) groups is 2.